The summed E-state index contributed by atoms with van der Waals surface area (Å²) in [6.45, 7) is 5.14. The topological polar surface area (TPSA) is 63.8 Å². The molecule has 2 heterocycles. The zero-order valence-electron chi connectivity index (χ0n) is 11.1. The number of nitrogens with one attached hydrogen (secondary N) is 1. The van der Waals surface area contributed by atoms with E-state index >= 15 is 0 Å². The summed E-state index contributed by atoms with van der Waals surface area (Å²) < 4.78 is 5.25. The van der Waals surface area contributed by atoms with Crippen LogP contribution in [0.5, 0.6) is 0 Å². The largest absolute Gasteiger partial charge is 0.339 e. The van der Waals surface area contributed by atoms with E-state index in [2.05, 4.69) is 34.3 Å². The zero-order valence-corrected chi connectivity index (χ0v) is 11.8. The molecular weight excluding hydrogens is 264 g/mol. The Hall–Kier alpha value is -1.46. The standard InChI is InChI=1S/C13H17ClN4O/c1-3-10(15-4-2)7-12-17-13(18-19-12)11-6-5-9(14)8-16-11/h5-6,8,10,15H,3-4,7H2,1-2H3. The maximum Gasteiger partial charge on any atom is 0.228 e. The molecule has 6 heteroatoms. The van der Waals surface area contributed by atoms with Gasteiger partial charge in [-0.3, -0.25) is 4.98 Å². The van der Waals surface area contributed by atoms with Gasteiger partial charge in [-0.25, -0.2) is 0 Å². The Bertz CT molecular complexity index is 512. The Labute approximate surface area is 117 Å². The number of hydrogen-bond acceptors (Lipinski definition) is 5. The second-order valence-corrected chi connectivity index (χ2v) is 4.68. The summed E-state index contributed by atoms with van der Waals surface area (Å²) in [5.41, 5.74) is 0.663. The Morgan fingerprint density at radius 2 is 2.21 bits per heavy atom. The molecule has 0 radical (unpaired) electrons. The summed E-state index contributed by atoms with van der Waals surface area (Å²) in [5, 5.41) is 7.91. The van der Waals surface area contributed by atoms with Crippen molar-refractivity contribution in [1.29, 1.82) is 0 Å². The second kappa shape index (κ2) is 6.63. The number of aromatic nitrogens is 3. The van der Waals surface area contributed by atoms with Crippen molar-refractivity contribution < 1.29 is 4.52 Å². The highest BCUT2D eigenvalue weighted by Crippen LogP contribution is 2.16. The van der Waals surface area contributed by atoms with Gasteiger partial charge in [-0.05, 0) is 25.1 Å². The van der Waals surface area contributed by atoms with E-state index in [1.165, 1.54) is 0 Å². The quantitative estimate of drug-likeness (QED) is 0.881. The Morgan fingerprint density at radius 1 is 1.37 bits per heavy atom. The van der Waals surface area contributed by atoms with Crippen LogP contribution < -0.4 is 5.32 Å². The van der Waals surface area contributed by atoms with Crippen LogP contribution in [0.15, 0.2) is 22.9 Å². The van der Waals surface area contributed by atoms with Crippen molar-refractivity contribution in [3.8, 4) is 11.5 Å². The maximum atomic E-state index is 5.79. The fraction of sp³-hybridized carbons (Fsp3) is 0.462. The molecule has 5 nitrogen and oxygen atoms in total. The number of hydrogen-bond donors (Lipinski definition) is 1. The van der Waals surface area contributed by atoms with E-state index in [-0.39, 0.29) is 0 Å². The molecule has 0 aliphatic carbocycles. The number of likely N-dealkylation sites (N-methyl/N-ethyl adjacent to an activating group) is 1. The first-order valence-corrected chi connectivity index (χ1v) is 6.78. The number of pyridine rings is 1. The monoisotopic (exact) mass is 280 g/mol. The maximum absolute atomic E-state index is 5.79. The van der Waals surface area contributed by atoms with Crippen molar-refractivity contribution in [2.75, 3.05) is 6.54 Å². The van der Waals surface area contributed by atoms with Gasteiger partial charge in [-0.2, -0.15) is 4.98 Å². The molecule has 0 fully saturated rings. The van der Waals surface area contributed by atoms with Crippen LogP contribution in [0.1, 0.15) is 26.2 Å². The molecule has 2 rings (SSSR count). The third-order valence-corrected chi connectivity index (χ3v) is 3.05. The van der Waals surface area contributed by atoms with Gasteiger partial charge in [0.2, 0.25) is 11.7 Å². The van der Waals surface area contributed by atoms with Crippen molar-refractivity contribution in [2.24, 2.45) is 0 Å². The third kappa shape index (κ3) is 3.75. The SMILES string of the molecule is CCNC(CC)Cc1nc(-c2ccc(Cl)cn2)no1. The first-order chi connectivity index (χ1) is 9.22. The van der Waals surface area contributed by atoms with Crippen molar-refractivity contribution in [3.63, 3.8) is 0 Å². The highest BCUT2D eigenvalue weighted by Gasteiger charge is 2.13. The highest BCUT2D eigenvalue weighted by molar-refractivity contribution is 6.30. The molecule has 2 aromatic heterocycles. The van der Waals surface area contributed by atoms with Gasteiger partial charge in [0, 0.05) is 18.7 Å². The first-order valence-electron chi connectivity index (χ1n) is 6.40. The van der Waals surface area contributed by atoms with Crippen LogP contribution >= 0.6 is 11.6 Å². The molecule has 1 N–H and O–H groups in total. The Balaban J connectivity index is 2.08. The molecule has 0 aromatic carbocycles. The average Bonchev–Trinajstić information content (AvgIpc) is 2.87. The molecule has 0 saturated heterocycles. The van der Waals surface area contributed by atoms with Crippen LogP contribution in [0, 0.1) is 0 Å². The van der Waals surface area contributed by atoms with Gasteiger partial charge < -0.3 is 9.84 Å². The summed E-state index contributed by atoms with van der Waals surface area (Å²) in [7, 11) is 0. The lowest BCUT2D eigenvalue weighted by Gasteiger charge is -2.12. The molecule has 102 valence electrons. The highest BCUT2D eigenvalue weighted by atomic mass is 35.5. The molecule has 0 saturated carbocycles. The van der Waals surface area contributed by atoms with Gasteiger partial charge in [0.05, 0.1) is 5.02 Å². The molecule has 1 atom stereocenters. The van der Waals surface area contributed by atoms with Crippen molar-refractivity contribution in [3.05, 3.63) is 29.2 Å². The fourth-order valence-electron chi connectivity index (χ4n) is 1.81. The Kier molecular flexibility index (Phi) is 4.87. The van der Waals surface area contributed by atoms with Crippen LogP contribution in [0.3, 0.4) is 0 Å². The minimum Gasteiger partial charge on any atom is -0.339 e. The van der Waals surface area contributed by atoms with Crippen LogP contribution in [0.2, 0.25) is 5.02 Å². The molecule has 0 spiro atoms. The fourth-order valence-corrected chi connectivity index (χ4v) is 1.92. The summed E-state index contributed by atoms with van der Waals surface area (Å²) in [6, 6.07) is 3.89. The van der Waals surface area contributed by atoms with Gasteiger partial charge >= 0.3 is 0 Å². The van der Waals surface area contributed by atoms with Crippen LogP contribution in [-0.4, -0.2) is 27.7 Å². The van der Waals surface area contributed by atoms with Gasteiger partial charge in [-0.15, -0.1) is 0 Å². The molecule has 0 amide bonds. The van der Waals surface area contributed by atoms with E-state index in [1.807, 2.05) is 0 Å². The van der Waals surface area contributed by atoms with Crippen molar-refractivity contribution in [1.82, 2.24) is 20.4 Å². The van der Waals surface area contributed by atoms with Crippen LogP contribution in [0.25, 0.3) is 11.5 Å². The summed E-state index contributed by atoms with van der Waals surface area (Å²) in [4.78, 5) is 8.52. The van der Waals surface area contributed by atoms with E-state index in [0.717, 1.165) is 19.4 Å². The van der Waals surface area contributed by atoms with Crippen LogP contribution in [-0.2, 0) is 6.42 Å². The third-order valence-electron chi connectivity index (χ3n) is 2.83. The van der Waals surface area contributed by atoms with E-state index in [4.69, 9.17) is 16.1 Å². The molecular formula is C13H17ClN4O. The van der Waals surface area contributed by atoms with Crippen LogP contribution in [0.4, 0.5) is 0 Å². The lowest BCUT2D eigenvalue weighted by Crippen LogP contribution is -2.30. The molecule has 0 aliphatic rings. The van der Waals surface area contributed by atoms with E-state index in [1.54, 1.807) is 18.3 Å². The normalized spacial score (nSPS) is 12.6. The summed E-state index contributed by atoms with van der Waals surface area (Å²) in [6.07, 6.45) is 3.32. The number of halogens is 1. The van der Waals surface area contributed by atoms with Gasteiger partial charge in [0.15, 0.2) is 0 Å². The molecule has 2 aromatic rings. The van der Waals surface area contributed by atoms with E-state index in [0.29, 0.717) is 28.5 Å². The molecule has 1 unspecified atom stereocenters. The van der Waals surface area contributed by atoms with Gasteiger partial charge in [0.25, 0.3) is 0 Å². The van der Waals surface area contributed by atoms with Crippen molar-refractivity contribution in [2.45, 2.75) is 32.7 Å². The second-order valence-electron chi connectivity index (χ2n) is 4.24. The lowest BCUT2D eigenvalue weighted by atomic mass is 10.1. The number of rotatable bonds is 6. The predicted octanol–water partition coefficient (Wildman–Crippen LogP) is 2.72. The van der Waals surface area contributed by atoms with E-state index < -0.39 is 0 Å². The minimum atomic E-state index is 0.358. The first kappa shape index (κ1) is 14.0. The van der Waals surface area contributed by atoms with E-state index in [9.17, 15) is 0 Å². The predicted molar refractivity (Wildman–Crippen MR) is 74.0 cm³/mol. The minimum absolute atomic E-state index is 0.358. The van der Waals surface area contributed by atoms with Gasteiger partial charge in [-0.1, -0.05) is 30.6 Å². The number of nitrogens with zero attached hydrogens (tertiary/aromatic N) is 3. The summed E-state index contributed by atoms with van der Waals surface area (Å²) >= 11 is 5.79. The van der Waals surface area contributed by atoms with Crippen molar-refractivity contribution >= 4 is 11.6 Å². The molecule has 19 heavy (non-hydrogen) atoms. The molecule has 0 aliphatic heterocycles. The van der Waals surface area contributed by atoms with Gasteiger partial charge in [0.1, 0.15) is 5.69 Å². The summed E-state index contributed by atoms with van der Waals surface area (Å²) in [5.74, 6) is 1.12. The Morgan fingerprint density at radius 3 is 2.84 bits per heavy atom. The molecule has 0 bridgehead atoms. The smallest absolute Gasteiger partial charge is 0.228 e. The lowest BCUT2D eigenvalue weighted by molar-refractivity contribution is 0.355. The average molecular weight is 281 g/mol. The zero-order chi connectivity index (χ0) is 13.7.